The predicted molar refractivity (Wildman–Crippen MR) is 66.0 cm³/mol. The number of rotatable bonds is 2. The molecular formula is C15H13F2NO2. The first-order valence-electron chi connectivity index (χ1n) is 6.67. The van der Waals surface area contributed by atoms with Crippen molar-refractivity contribution in [2.75, 3.05) is 0 Å². The molecule has 104 valence electrons. The molecule has 20 heavy (non-hydrogen) atoms. The number of benzene rings is 1. The Morgan fingerprint density at radius 1 is 1.20 bits per heavy atom. The molecule has 2 heterocycles. The lowest BCUT2D eigenvalue weighted by molar-refractivity contribution is -0.0149. The van der Waals surface area contributed by atoms with E-state index in [-0.39, 0.29) is 35.0 Å². The molecule has 0 saturated carbocycles. The summed E-state index contributed by atoms with van der Waals surface area (Å²) >= 11 is 0. The third-order valence-electron chi connectivity index (χ3n) is 4.11. The van der Waals surface area contributed by atoms with E-state index in [9.17, 15) is 13.6 Å². The monoisotopic (exact) mass is 277 g/mol. The summed E-state index contributed by atoms with van der Waals surface area (Å²) in [5.74, 6) is -2.74. The molecule has 0 radical (unpaired) electrons. The molecule has 2 fully saturated rings. The molecule has 0 N–H and O–H groups in total. The lowest BCUT2D eigenvalue weighted by Crippen LogP contribution is -2.30. The van der Waals surface area contributed by atoms with Gasteiger partial charge in [0.15, 0.2) is 17.4 Å². The van der Waals surface area contributed by atoms with Gasteiger partial charge in [-0.25, -0.2) is 8.78 Å². The average Bonchev–Trinajstić information content (AvgIpc) is 2.79. The van der Waals surface area contributed by atoms with E-state index in [4.69, 9.17) is 10.00 Å². The standard InChI is InChI=1S/C15H13F2NO2/c16-13-5-9(7-18)12(6-14(13)17)15(19)8-3-10-1-2-11(4-8)20-10/h5-6,8,10-11H,1-4H2. The quantitative estimate of drug-likeness (QED) is 0.781. The summed E-state index contributed by atoms with van der Waals surface area (Å²) in [6.45, 7) is 0. The molecule has 1 aromatic carbocycles. The second-order valence-electron chi connectivity index (χ2n) is 5.41. The first kappa shape index (κ1) is 13.2. The van der Waals surface area contributed by atoms with Gasteiger partial charge in [-0.1, -0.05) is 0 Å². The van der Waals surface area contributed by atoms with Crippen LogP contribution in [0.3, 0.4) is 0 Å². The molecule has 3 nitrogen and oxygen atoms in total. The van der Waals surface area contributed by atoms with Crippen LogP contribution in [0.5, 0.6) is 0 Å². The smallest absolute Gasteiger partial charge is 0.167 e. The van der Waals surface area contributed by atoms with E-state index in [0.717, 1.165) is 25.0 Å². The second-order valence-corrected chi connectivity index (χ2v) is 5.41. The maximum absolute atomic E-state index is 13.3. The number of Topliss-reactive ketones (excluding diaryl/α,β-unsaturated/α-hetero) is 1. The number of carbonyl (C=O) groups excluding carboxylic acids is 1. The molecule has 0 aliphatic carbocycles. The van der Waals surface area contributed by atoms with Crippen LogP contribution in [-0.2, 0) is 4.74 Å². The van der Waals surface area contributed by atoms with Gasteiger partial charge < -0.3 is 4.74 Å². The number of nitriles is 1. The fraction of sp³-hybridized carbons (Fsp3) is 0.467. The van der Waals surface area contributed by atoms with E-state index in [2.05, 4.69) is 0 Å². The minimum atomic E-state index is -1.11. The van der Waals surface area contributed by atoms with Crippen LogP contribution in [0, 0.1) is 28.9 Å². The maximum Gasteiger partial charge on any atom is 0.167 e. The zero-order chi connectivity index (χ0) is 14.3. The summed E-state index contributed by atoms with van der Waals surface area (Å²) in [4.78, 5) is 12.5. The molecule has 2 unspecified atom stereocenters. The van der Waals surface area contributed by atoms with E-state index in [1.807, 2.05) is 0 Å². The fourth-order valence-electron chi connectivity index (χ4n) is 3.13. The Kier molecular flexibility index (Phi) is 3.27. The molecule has 0 aromatic heterocycles. The lowest BCUT2D eigenvalue weighted by atomic mass is 9.86. The number of hydrogen-bond donors (Lipinski definition) is 0. The van der Waals surface area contributed by atoms with Gasteiger partial charge in [0.05, 0.1) is 23.8 Å². The SMILES string of the molecule is N#Cc1cc(F)c(F)cc1C(=O)C1CC2CCC(C1)O2. The van der Waals surface area contributed by atoms with E-state index in [0.29, 0.717) is 12.8 Å². The van der Waals surface area contributed by atoms with Gasteiger partial charge >= 0.3 is 0 Å². The zero-order valence-electron chi connectivity index (χ0n) is 10.7. The van der Waals surface area contributed by atoms with E-state index >= 15 is 0 Å². The zero-order valence-corrected chi connectivity index (χ0v) is 10.7. The van der Waals surface area contributed by atoms with Crippen molar-refractivity contribution < 1.29 is 18.3 Å². The number of ether oxygens (including phenoxy) is 1. The van der Waals surface area contributed by atoms with Crippen molar-refractivity contribution in [2.24, 2.45) is 5.92 Å². The van der Waals surface area contributed by atoms with Crippen LogP contribution in [0.25, 0.3) is 0 Å². The molecule has 2 atom stereocenters. The number of carbonyl (C=O) groups is 1. The maximum atomic E-state index is 13.3. The van der Waals surface area contributed by atoms with Gasteiger partial charge in [0.25, 0.3) is 0 Å². The summed E-state index contributed by atoms with van der Waals surface area (Å²) in [7, 11) is 0. The van der Waals surface area contributed by atoms with E-state index in [1.54, 1.807) is 6.07 Å². The second kappa shape index (κ2) is 4.95. The largest absolute Gasteiger partial charge is 0.375 e. The van der Waals surface area contributed by atoms with Crippen molar-refractivity contribution in [1.29, 1.82) is 5.26 Å². The molecule has 0 amide bonds. The van der Waals surface area contributed by atoms with Crippen molar-refractivity contribution in [2.45, 2.75) is 37.9 Å². The van der Waals surface area contributed by atoms with Crippen molar-refractivity contribution in [3.05, 3.63) is 34.9 Å². The Balaban J connectivity index is 1.91. The topological polar surface area (TPSA) is 50.1 Å². The van der Waals surface area contributed by atoms with Crippen molar-refractivity contribution in [3.8, 4) is 6.07 Å². The third kappa shape index (κ3) is 2.20. The Morgan fingerprint density at radius 3 is 2.40 bits per heavy atom. The fourth-order valence-corrected chi connectivity index (χ4v) is 3.13. The van der Waals surface area contributed by atoms with E-state index in [1.165, 1.54) is 0 Å². The van der Waals surface area contributed by atoms with Gasteiger partial charge in [0.2, 0.25) is 0 Å². The first-order valence-corrected chi connectivity index (χ1v) is 6.67. The van der Waals surface area contributed by atoms with Gasteiger partial charge in [-0.05, 0) is 37.8 Å². The highest BCUT2D eigenvalue weighted by molar-refractivity contribution is 6.00. The van der Waals surface area contributed by atoms with Crippen LogP contribution in [-0.4, -0.2) is 18.0 Å². The van der Waals surface area contributed by atoms with Gasteiger partial charge in [0.1, 0.15) is 0 Å². The summed E-state index contributed by atoms with van der Waals surface area (Å²) in [6.07, 6.45) is 3.24. The molecule has 2 aliphatic heterocycles. The summed E-state index contributed by atoms with van der Waals surface area (Å²) in [6, 6.07) is 3.39. The van der Waals surface area contributed by atoms with Crippen molar-refractivity contribution >= 4 is 5.78 Å². The van der Waals surface area contributed by atoms with Crippen LogP contribution in [0.1, 0.15) is 41.6 Å². The summed E-state index contributed by atoms with van der Waals surface area (Å²) in [5.41, 5.74) is -0.120. The Morgan fingerprint density at radius 2 is 1.80 bits per heavy atom. The number of nitrogens with zero attached hydrogens (tertiary/aromatic N) is 1. The number of fused-ring (bicyclic) bond motifs is 2. The minimum absolute atomic E-state index is 0.0160. The van der Waals surface area contributed by atoms with Crippen LogP contribution < -0.4 is 0 Å². The number of halogens is 2. The van der Waals surface area contributed by atoms with Crippen molar-refractivity contribution in [1.82, 2.24) is 0 Å². The predicted octanol–water partition coefficient (Wildman–Crippen LogP) is 2.98. The molecule has 5 heteroatoms. The molecule has 1 aromatic rings. The molecule has 0 spiro atoms. The van der Waals surface area contributed by atoms with Gasteiger partial charge in [-0.2, -0.15) is 5.26 Å². The summed E-state index contributed by atoms with van der Waals surface area (Å²) in [5, 5.41) is 8.98. The molecule has 3 rings (SSSR count). The highest BCUT2D eigenvalue weighted by Gasteiger charge is 2.38. The van der Waals surface area contributed by atoms with E-state index < -0.39 is 11.6 Å². The molecule has 2 bridgehead atoms. The van der Waals surface area contributed by atoms with Gasteiger partial charge in [0, 0.05) is 11.5 Å². The first-order chi connectivity index (χ1) is 9.58. The lowest BCUT2D eigenvalue weighted by Gasteiger charge is -2.27. The third-order valence-corrected chi connectivity index (χ3v) is 4.11. The highest BCUT2D eigenvalue weighted by atomic mass is 19.2. The van der Waals surface area contributed by atoms with Gasteiger partial charge in [-0.3, -0.25) is 4.79 Å². The van der Waals surface area contributed by atoms with Crippen LogP contribution in [0.2, 0.25) is 0 Å². The number of hydrogen-bond acceptors (Lipinski definition) is 3. The van der Waals surface area contributed by atoms with Crippen LogP contribution in [0.4, 0.5) is 8.78 Å². The summed E-state index contributed by atoms with van der Waals surface area (Å²) < 4.78 is 32.1. The van der Waals surface area contributed by atoms with Gasteiger partial charge in [-0.15, -0.1) is 0 Å². The van der Waals surface area contributed by atoms with Crippen LogP contribution in [0.15, 0.2) is 12.1 Å². The normalized spacial score (nSPS) is 28.1. The Bertz CT molecular complexity index is 597. The Hall–Kier alpha value is -1.80. The average molecular weight is 277 g/mol. The highest BCUT2D eigenvalue weighted by Crippen LogP contribution is 2.37. The minimum Gasteiger partial charge on any atom is -0.375 e. The number of ketones is 1. The van der Waals surface area contributed by atoms with Crippen molar-refractivity contribution in [3.63, 3.8) is 0 Å². The van der Waals surface area contributed by atoms with Crippen LogP contribution >= 0.6 is 0 Å². The molecule has 2 saturated heterocycles. The Labute approximate surface area is 115 Å². The molecular weight excluding hydrogens is 264 g/mol. The molecule has 2 aliphatic rings.